The highest BCUT2D eigenvalue weighted by molar-refractivity contribution is 5.80. The molecular weight excluding hydrogens is 1040 g/mol. The first-order chi connectivity index (χ1) is 40.7. The van der Waals surface area contributed by atoms with Crippen molar-refractivity contribution in [2.45, 2.75) is 416 Å². The summed E-state index contributed by atoms with van der Waals surface area (Å²) in [5.41, 5.74) is 0. The van der Waals surface area contributed by atoms with Gasteiger partial charge in [-0.15, -0.1) is 0 Å². The van der Waals surface area contributed by atoms with Crippen LogP contribution in [0.2, 0.25) is 0 Å². The van der Waals surface area contributed by atoms with Crippen molar-refractivity contribution in [2.24, 2.45) is 0 Å². The molecule has 8 N–H and O–H groups in total. The minimum Gasteiger partial charge on any atom is -0.394 e. The molecule has 1 rings (SSSR count). The van der Waals surface area contributed by atoms with E-state index in [2.05, 4.69) is 43.5 Å². The Morgan fingerprint density at radius 1 is 0.410 bits per heavy atom. The van der Waals surface area contributed by atoms with Crippen LogP contribution in [-0.4, -0.2) is 110 Å². The predicted octanol–water partition coefficient (Wildman–Crippen LogP) is 17.6. The van der Waals surface area contributed by atoms with Crippen LogP contribution < -0.4 is 5.32 Å². The first-order valence-electron chi connectivity index (χ1n) is 36.2. The molecule has 0 spiro atoms. The number of hydrogen-bond acceptors (Lipinski definition) is 10. The molecule has 0 bridgehead atoms. The normalized spacial score (nSPS) is 19.1. The molecule has 1 saturated heterocycles. The van der Waals surface area contributed by atoms with Crippen molar-refractivity contribution in [1.82, 2.24) is 5.32 Å². The van der Waals surface area contributed by atoms with Gasteiger partial charge in [-0.1, -0.05) is 321 Å². The molecule has 9 unspecified atom stereocenters. The molecule has 492 valence electrons. The third-order valence-corrected chi connectivity index (χ3v) is 17.7. The Balaban J connectivity index is 2.19. The number of carbonyl (C=O) groups is 1. The van der Waals surface area contributed by atoms with Gasteiger partial charge < -0.3 is 50.5 Å². The molecule has 0 radical (unpaired) electrons. The Morgan fingerprint density at radius 2 is 0.711 bits per heavy atom. The van der Waals surface area contributed by atoms with Crippen LogP contribution in [0.5, 0.6) is 0 Å². The second-order valence-electron chi connectivity index (χ2n) is 25.7. The van der Waals surface area contributed by atoms with E-state index in [1.807, 2.05) is 0 Å². The van der Waals surface area contributed by atoms with E-state index in [0.717, 1.165) is 44.9 Å². The Kier molecular flexibility index (Phi) is 58.4. The van der Waals surface area contributed by atoms with Crippen molar-refractivity contribution >= 4 is 5.91 Å². The Labute approximate surface area is 512 Å². The molecular formula is C72H139NO10. The molecule has 11 nitrogen and oxygen atoms in total. The molecule has 1 heterocycles. The molecule has 1 fully saturated rings. The van der Waals surface area contributed by atoms with Crippen molar-refractivity contribution in [2.75, 3.05) is 13.2 Å². The van der Waals surface area contributed by atoms with Crippen LogP contribution in [0.4, 0.5) is 0 Å². The van der Waals surface area contributed by atoms with Gasteiger partial charge in [-0.05, 0) is 64.2 Å². The molecule has 0 aromatic rings. The van der Waals surface area contributed by atoms with E-state index in [0.29, 0.717) is 12.8 Å². The summed E-state index contributed by atoms with van der Waals surface area (Å²) in [6, 6.07) is -1.19. The van der Waals surface area contributed by atoms with Crippen molar-refractivity contribution in [1.29, 1.82) is 0 Å². The average molecular weight is 1180 g/mol. The van der Waals surface area contributed by atoms with Gasteiger partial charge in [-0.3, -0.25) is 4.79 Å². The van der Waals surface area contributed by atoms with Crippen LogP contribution >= 0.6 is 0 Å². The first kappa shape index (κ1) is 79.6. The summed E-state index contributed by atoms with van der Waals surface area (Å²) in [6.45, 7) is 3.50. The number of carbonyl (C=O) groups excluding carboxylic acids is 1. The monoisotopic (exact) mass is 1180 g/mol. The average Bonchev–Trinajstić information content (AvgIpc) is 3.68. The van der Waals surface area contributed by atoms with Crippen molar-refractivity contribution < 1.29 is 50.0 Å². The van der Waals surface area contributed by atoms with E-state index in [1.54, 1.807) is 0 Å². The fraction of sp³-hybridized carbons (Fsp3) is 0.931. The van der Waals surface area contributed by atoms with E-state index < -0.39 is 74.2 Å². The number of nitrogens with one attached hydrogen (secondary N) is 1. The van der Waals surface area contributed by atoms with Crippen LogP contribution in [0.1, 0.15) is 361 Å². The predicted molar refractivity (Wildman–Crippen MR) is 349 cm³/mol. The molecule has 0 aromatic carbocycles. The molecule has 0 aromatic heterocycles. The lowest BCUT2D eigenvalue weighted by atomic mass is 9.98. The maximum atomic E-state index is 13.2. The first-order valence-corrected chi connectivity index (χ1v) is 36.2. The fourth-order valence-corrected chi connectivity index (χ4v) is 11.9. The summed E-state index contributed by atoms with van der Waals surface area (Å²) in [6.07, 6.45) is 65.6. The highest BCUT2D eigenvalue weighted by atomic mass is 16.7. The maximum absolute atomic E-state index is 13.2. The van der Waals surface area contributed by atoms with Gasteiger partial charge in [-0.2, -0.15) is 0 Å². The number of hydrogen-bond donors (Lipinski definition) is 8. The summed E-state index contributed by atoms with van der Waals surface area (Å²) in [5.74, 6) is -0.703. The smallest absolute Gasteiger partial charge is 0.249 e. The molecule has 1 aliphatic heterocycles. The number of aliphatic hydroxyl groups excluding tert-OH is 7. The molecule has 1 aliphatic rings. The van der Waals surface area contributed by atoms with Crippen LogP contribution in [0, 0.1) is 0 Å². The molecule has 83 heavy (non-hydrogen) atoms. The summed E-state index contributed by atoms with van der Waals surface area (Å²) in [7, 11) is 0. The van der Waals surface area contributed by atoms with Crippen LogP contribution in [-0.2, 0) is 14.3 Å². The van der Waals surface area contributed by atoms with E-state index >= 15 is 0 Å². The fourth-order valence-electron chi connectivity index (χ4n) is 11.9. The third-order valence-electron chi connectivity index (χ3n) is 17.7. The molecule has 0 saturated carbocycles. The zero-order chi connectivity index (χ0) is 60.3. The van der Waals surface area contributed by atoms with Crippen molar-refractivity contribution in [3.8, 4) is 0 Å². The number of unbranched alkanes of at least 4 members (excludes halogenated alkanes) is 48. The summed E-state index contributed by atoms with van der Waals surface area (Å²) < 4.78 is 11.2. The number of aliphatic hydroxyl groups is 7. The van der Waals surface area contributed by atoms with Gasteiger partial charge in [0.1, 0.15) is 36.6 Å². The van der Waals surface area contributed by atoms with Gasteiger partial charge in [0, 0.05) is 0 Å². The summed E-state index contributed by atoms with van der Waals surface area (Å²) >= 11 is 0. The Hall–Kier alpha value is -1.41. The minimum atomic E-state index is -1.67. The van der Waals surface area contributed by atoms with Crippen molar-refractivity contribution in [3.05, 3.63) is 24.3 Å². The van der Waals surface area contributed by atoms with Gasteiger partial charge in [0.05, 0.1) is 25.4 Å². The minimum absolute atomic E-state index is 0.252. The SMILES string of the molecule is CCCCCCCCCCCCCC/C=C\CCCCCCCCCCC(O)C(=O)NC(COC1OC(CO)C(O)C(O)C1O)C(O)C(O)CCC/C=C/CCCCCCCCCCCCCCCCCCCCCCCCCCCCC. The standard InChI is InChI=1S/C72H139NO10/c1-3-5-7-9-11-13-15-17-19-21-23-25-27-29-30-31-32-33-34-35-36-38-39-41-43-45-47-49-51-53-55-57-59-64(75)67(77)63(62-82-72-70(80)69(79)68(78)66(61-74)83-72)73-71(81)65(76)60-58-56-54-52-50-48-46-44-42-40-37-28-26-24-22-20-18-16-14-12-10-8-6-4-2/h37,40,51,53,63-70,72,74-80H,3-36,38-39,41-50,52,54-62H2,1-2H3,(H,73,81)/b40-37-,53-51+. The van der Waals surface area contributed by atoms with E-state index in [9.17, 15) is 40.5 Å². The topological polar surface area (TPSA) is 189 Å². The number of amides is 1. The Morgan fingerprint density at radius 3 is 1.04 bits per heavy atom. The summed E-state index contributed by atoms with van der Waals surface area (Å²) in [5, 5.41) is 76.5. The number of allylic oxidation sites excluding steroid dienone is 4. The quantitative estimate of drug-likeness (QED) is 0.0215. The summed E-state index contributed by atoms with van der Waals surface area (Å²) in [4.78, 5) is 13.2. The van der Waals surface area contributed by atoms with Crippen LogP contribution in [0.15, 0.2) is 24.3 Å². The molecule has 11 heteroatoms. The second-order valence-corrected chi connectivity index (χ2v) is 25.7. The van der Waals surface area contributed by atoms with Gasteiger partial charge in [0.25, 0.3) is 0 Å². The van der Waals surface area contributed by atoms with Gasteiger partial charge in [0.2, 0.25) is 5.91 Å². The lowest BCUT2D eigenvalue weighted by molar-refractivity contribution is -0.303. The zero-order valence-electron chi connectivity index (χ0n) is 54.5. The van der Waals surface area contributed by atoms with Gasteiger partial charge >= 0.3 is 0 Å². The molecule has 0 aliphatic carbocycles. The molecule has 1 amide bonds. The van der Waals surface area contributed by atoms with E-state index in [1.165, 1.54) is 276 Å². The van der Waals surface area contributed by atoms with Crippen molar-refractivity contribution in [3.63, 3.8) is 0 Å². The van der Waals surface area contributed by atoms with Crippen LogP contribution in [0.25, 0.3) is 0 Å². The zero-order valence-corrected chi connectivity index (χ0v) is 54.5. The highest BCUT2D eigenvalue weighted by Crippen LogP contribution is 2.24. The Bertz CT molecular complexity index is 1400. The van der Waals surface area contributed by atoms with Crippen LogP contribution in [0.3, 0.4) is 0 Å². The number of ether oxygens (including phenoxy) is 2. The second kappa shape index (κ2) is 60.9. The molecule has 9 atom stereocenters. The van der Waals surface area contributed by atoms with E-state index in [-0.39, 0.29) is 12.8 Å². The largest absolute Gasteiger partial charge is 0.394 e. The van der Waals surface area contributed by atoms with Gasteiger partial charge in [0.15, 0.2) is 6.29 Å². The van der Waals surface area contributed by atoms with Gasteiger partial charge in [-0.25, -0.2) is 0 Å². The lowest BCUT2D eigenvalue weighted by Crippen LogP contribution is -2.60. The maximum Gasteiger partial charge on any atom is 0.249 e. The lowest BCUT2D eigenvalue weighted by Gasteiger charge is -2.40. The third kappa shape index (κ3) is 48.2. The van der Waals surface area contributed by atoms with E-state index in [4.69, 9.17) is 9.47 Å². The number of rotatable bonds is 64. The highest BCUT2D eigenvalue weighted by Gasteiger charge is 2.44.